The quantitative estimate of drug-likeness (QED) is 0.817. The number of rotatable bonds is 6. The summed E-state index contributed by atoms with van der Waals surface area (Å²) >= 11 is 3.70. The summed E-state index contributed by atoms with van der Waals surface area (Å²) in [5.74, 6) is 0.780. The molecule has 102 valence electrons. The summed E-state index contributed by atoms with van der Waals surface area (Å²) in [5.41, 5.74) is 0. The van der Waals surface area contributed by atoms with Crippen molar-refractivity contribution in [3.63, 3.8) is 0 Å². The second kappa shape index (κ2) is 5.69. The van der Waals surface area contributed by atoms with E-state index in [1.807, 2.05) is 17.5 Å². The lowest BCUT2D eigenvalue weighted by Gasteiger charge is -2.14. The molecule has 0 bridgehead atoms. The molecule has 1 saturated carbocycles. The van der Waals surface area contributed by atoms with Gasteiger partial charge < -0.3 is 4.90 Å². The van der Waals surface area contributed by atoms with Gasteiger partial charge in [0, 0.05) is 47.6 Å². The van der Waals surface area contributed by atoms with Gasteiger partial charge in [-0.05, 0) is 26.8 Å². The Hall–Kier alpha value is -0.780. The fourth-order valence-corrected chi connectivity index (χ4v) is 4.01. The second-order valence-electron chi connectivity index (χ2n) is 5.29. The van der Waals surface area contributed by atoms with Crippen LogP contribution in [0.4, 0.5) is 0 Å². The highest BCUT2D eigenvalue weighted by molar-refractivity contribution is 7.11. The van der Waals surface area contributed by atoms with Crippen LogP contribution >= 0.6 is 22.7 Å². The summed E-state index contributed by atoms with van der Waals surface area (Å²) in [5, 5.41) is 2.59. The van der Waals surface area contributed by atoms with E-state index in [9.17, 15) is 0 Å². The van der Waals surface area contributed by atoms with Crippen LogP contribution < -0.4 is 0 Å². The molecule has 3 nitrogen and oxygen atoms in total. The van der Waals surface area contributed by atoms with E-state index < -0.39 is 0 Å². The molecule has 0 aromatic carbocycles. The summed E-state index contributed by atoms with van der Waals surface area (Å²) < 4.78 is 0. The highest BCUT2D eigenvalue weighted by Crippen LogP contribution is 2.41. The zero-order valence-electron chi connectivity index (χ0n) is 11.4. The molecule has 1 aliphatic carbocycles. The lowest BCUT2D eigenvalue weighted by molar-refractivity contribution is 0.334. The van der Waals surface area contributed by atoms with Crippen LogP contribution in [0.5, 0.6) is 0 Å². The first-order valence-electron chi connectivity index (χ1n) is 6.75. The molecule has 3 rings (SSSR count). The van der Waals surface area contributed by atoms with Gasteiger partial charge in [-0.2, -0.15) is 0 Å². The first kappa shape index (κ1) is 13.2. The van der Waals surface area contributed by atoms with Crippen molar-refractivity contribution in [2.75, 3.05) is 13.6 Å². The minimum Gasteiger partial charge on any atom is -0.301 e. The van der Waals surface area contributed by atoms with E-state index in [2.05, 4.69) is 35.0 Å². The van der Waals surface area contributed by atoms with Crippen molar-refractivity contribution in [1.29, 1.82) is 0 Å². The van der Waals surface area contributed by atoms with Crippen LogP contribution in [0.15, 0.2) is 12.4 Å². The molecule has 0 spiro atoms. The molecule has 2 aromatic rings. The summed E-state index contributed by atoms with van der Waals surface area (Å²) in [6.07, 6.45) is 7.75. The third kappa shape index (κ3) is 3.61. The topological polar surface area (TPSA) is 29.0 Å². The Morgan fingerprint density at radius 1 is 1.26 bits per heavy atom. The van der Waals surface area contributed by atoms with Crippen molar-refractivity contribution < 1.29 is 0 Å². The smallest absolute Gasteiger partial charge is 0.0959 e. The highest BCUT2D eigenvalue weighted by atomic mass is 32.1. The van der Waals surface area contributed by atoms with Crippen molar-refractivity contribution >= 4 is 22.7 Å². The summed E-state index contributed by atoms with van der Waals surface area (Å²) in [7, 11) is 2.18. The van der Waals surface area contributed by atoms with Crippen LogP contribution in [0.3, 0.4) is 0 Å². The Morgan fingerprint density at radius 2 is 2.11 bits per heavy atom. The van der Waals surface area contributed by atoms with Gasteiger partial charge in [0.1, 0.15) is 0 Å². The molecular formula is C14H19N3S2. The Morgan fingerprint density at radius 3 is 2.79 bits per heavy atom. The van der Waals surface area contributed by atoms with Crippen molar-refractivity contribution in [2.24, 2.45) is 0 Å². The van der Waals surface area contributed by atoms with Crippen LogP contribution in [0.1, 0.15) is 38.5 Å². The highest BCUT2D eigenvalue weighted by Gasteiger charge is 2.26. The Balaban J connectivity index is 1.48. The molecule has 2 aromatic heterocycles. The summed E-state index contributed by atoms with van der Waals surface area (Å²) in [6, 6.07) is 0. The SMILES string of the molecule is Cc1cnc(CCN(C)Cc2cnc(C3CC3)s2)s1. The first-order chi connectivity index (χ1) is 9.20. The van der Waals surface area contributed by atoms with Gasteiger partial charge in [0.25, 0.3) is 0 Å². The average Bonchev–Trinajstić information content (AvgIpc) is 3.00. The predicted octanol–water partition coefficient (Wildman–Crippen LogP) is 3.46. The molecule has 19 heavy (non-hydrogen) atoms. The molecule has 0 amide bonds. The molecule has 0 unspecified atom stereocenters. The van der Waals surface area contributed by atoms with Gasteiger partial charge in [-0.3, -0.25) is 0 Å². The van der Waals surface area contributed by atoms with Gasteiger partial charge in [-0.15, -0.1) is 22.7 Å². The van der Waals surface area contributed by atoms with Crippen molar-refractivity contribution in [3.05, 3.63) is 32.2 Å². The number of hydrogen-bond donors (Lipinski definition) is 0. The van der Waals surface area contributed by atoms with E-state index in [-0.39, 0.29) is 0 Å². The van der Waals surface area contributed by atoms with E-state index in [0.717, 1.165) is 25.4 Å². The fraction of sp³-hybridized carbons (Fsp3) is 0.571. The van der Waals surface area contributed by atoms with Crippen molar-refractivity contribution in [1.82, 2.24) is 14.9 Å². The summed E-state index contributed by atoms with van der Waals surface area (Å²) in [4.78, 5) is 14.0. The molecule has 0 atom stereocenters. The molecular weight excluding hydrogens is 274 g/mol. The zero-order valence-corrected chi connectivity index (χ0v) is 13.1. The largest absolute Gasteiger partial charge is 0.301 e. The van der Waals surface area contributed by atoms with Crippen LogP contribution in [0.25, 0.3) is 0 Å². The molecule has 0 radical (unpaired) electrons. The number of thiazole rings is 2. The first-order valence-corrected chi connectivity index (χ1v) is 8.38. The van der Waals surface area contributed by atoms with E-state index in [4.69, 9.17) is 0 Å². The third-order valence-corrected chi connectivity index (χ3v) is 5.42. The lowest BCUT2D eigenvalue weighted by atomic mass is 10.4. The van der Waals surface area contributed by atoms with Crippen LogP contribution in [0, 0.1) is 6.92 Å². The van der Waals surface area contributed by atoms with Crippen molar-refractivity contribution in [3.8, 4) is 0 Å². The average molecular weight is 293 g/mol. The lowest BCUT2D eigenvalue weighted by Crippen LogP contribution is -2.20. The normalized spacial score (nSPS) is 15.3. The van der Waals surface area contributed by atoms with Crippen LogP contribution in [-0.2, 0) is 13.0 Å². The molecule has 1 aliphatic rings. The maximum absolute atomic E-state index is 4.53. The maximum Gasteiger partial charge on any atom is 0.0959 e. The second-order valence-corrected chi connectivity index (χ2v) is 7.76. The third-order valence-electron chi connectivity index (χ3n) is 3.30. The maximum atomic E-state index is 4.53. The van der Waals surface area contributed by atoms with E-state index in [1.165, 1.54) is 32.6 Å². The van der Waals surface area contributed by atoms with Crippen LogP contribution in [0.2, 0.25) is 0 Å². The van der Waals surface area contributed by atoms with E-state index in [1.54, 1.807) is 11.3 Å². The molecule has 0 aliphatic heterocycles. The number of nitrogens with zero attached hydrogens (tertiary/aromatic N) is 3. The van der Waals surface area contributed by atoms with Crippen LogP contribution in [-0.4, -0.2) is 28.5 Å². The number of hydrogen-bond acceptors (Lipinski definition) is 5. The minimum atomic E-state index is 0.780. The van der Waals surface area contributed by atoms with Gasteiger partial charge in [0.2, 0.25) is 0 Å². The Labute approximate surface area is 122 Å². The van der Waals surface area contributed by atoms with Gasteiger partial charge in [-0.25, -0.2) is 9.97 Å². The zero-order chi connectivity index (χ0) is 13.2. The van der Waals surface area contributed by atoms with Gasteiger partial charge in [0.15, 0.2) is 0 Å². The summed E-state index contributed by atoms with van der Waals surface area (Å²) in [6.45, 7) is 4.18. The molecule has 2 heterocycles. The Kier molecular flexibility index (Phi) is 3.96. The van der Waals surface area contributed by atoms with Gasteiger partial charge >= 0.3 is 0 Å². The van der Waals surface area contributed by atoms with Crippen molar-refractivity contribution in [2.45, 2.75) is 38.6 Å². The molecule has 5 heteroatoms. The van der Waals surface area contributed by atoms with E-state index >= 15 is 0 Å². The Bertz CT molecular complexity index is 542. The fourth-order valence-electron chi connectivity index (χ4n) is 2.06. The molecule has 0 N–H and O–H groups in total. The monoisotopic (exact) mass is 293 g/mol. The van der Waals surface area contributed by atoms with E-state index in [0.29, 0.717) is 0 Å². The number of aryl methyl sites for hydroxylation is 1. The van der Waals surface area contributed by atoms with Gasteiger partial charge in [-0.1, -0.05) is 0 Å². The molecule has 0 saturated heterocycles. The molecule has 1 fully saturated rings. The predicted molar refractivity (Wildman–Crippen MR) is 81.0 cm³/mol. The number of aromatic nitrogens is 2. The minimum absolute atomic E-state index is 0.780. The van der Waals surface area contributed by atoms with Gasteiger partial charge in [0.05, 0.1) is 10.0 Å². The number of likely N-dealkylation sites (N-methyl/N-ethyl adjacent to an activating group) is 1. The standard InChI is InChI=1S/C14H19N3S2/c1-10-7-15-13(18-10)5-6-17(2)9-12-8-16-14(19-12)11-3-4-11/h7-8,11H,3-6,9H2,1-2H3.